The van der Waals surface area contributed by atoms with Gasteiger partial charge in [0.1, 0.15) is 10.8 Å². The zero-order valence-electron chi connectivity index (χ0n) is 16.6. The summed E-state index contributed by atoms with van der Waals surface area (Å²) in [5.74, 6) is 0.783. The van der Waals surface area contributed by atoms with Gasteiger partial charge in [0.05, 0.1) is 24.3 Å². The predicted octanol–water partition coefficient (Wildman–Crippen LogP) is 5.51. The zero-order chi connectivity index (χ0) is 19.9. The number of para-hydroxylation sites is 2. The van der Waals surface area contributed by atoms with Crippen LogP contribution in [0, 0.1) is 0 Å². The number of aromatic nitrogens is 1. The van der Waals surface area contributed by atoms with Crippen LogP contribution in [-0.4, -0.2) is 17.5 Å². The number of carbonyl (C=O) groups excluding carboxylic acids is 1. The Labute approximate surface area is 170 Å². The molecule has 0 spiro atoms. The van der Waals surface area contributed by atoms with Gasteiger partial charge in [-0.05, 0) is 43.0 Å². The molecule has 3 aromatic rings. The van der Waals surface area contributed by atoms with E-state index in [0.29, 0.717) is 6.61 Å². The van der Waals surface area contributed by atoms with Gasteiger partial charge >= 0.3 is 0 Å². The molecule has 1 N–H and O–H groups in total. The molecular weight excluding hydrogens is 368 g/mol. The quantitative estimate of drug-likeness (QED) is 0.548. The van der Waals surface area contributed by atoms with E-state index < -0.39 is 0 Å². The molecule has 146 valence electrons. The number of hydrogen-bond acceptors (Lipinski definition) is 4. The van der Waals surface area contributed by atoms with Crippen LogP contribution in [-0.2, 0) is 24.1 Å². The molecule has 0 atom stereocenters. The maximum atomic E-state index is 12.7. The van der Waals surface area contributed by atoms with E-state index >= 15 is 0 Å². The summed E-state index contributed by atoms with van der Waals surface area (Å²) in [5.41, 5.74) is 5.02. The molecule has 28 heavy (non-hydrogen) atoms. The lowest BCUT2D eigenvalue weighted by Gasteiger charge is -2.14. The molecule has 2 aromatic carbocycles. The molecule has 4 nitrogen and oxygen atoms in total. The summed E-state index contributed by atoms with van der Waals surface area (Å²) in [6.45, 7) is 6.78. The normalized spacial score (nSPS) is 10.7. The molecule has 0 unspecified atom stereocenters. The van der Waals surface area contributed by atoms with E-state index in [1.165, 1.54) is 11.3 Å². The first-order chi connectivity index (χ1) is 13.7. The van der Waals surface area contributed by atoms with Crippen molar-refractivity contribution >= 4 is 22.9 Å². The first kappa shape index (κ1) is 20.1. The Balaban J connectivity index is 1.75. The SMILES string of the molecule is CCOc1ccccc1-c1nc(CC(=O)Nc2c(CC)cccc2CC)cs1. The second kappa shape index (κ2) is 9.51. The van der Waals surface area contributed by atoms with Crippen LogP contribution in [0.1, 0.15) is 37.6 Å². The predicted molar refractivity (Wildman–Crippen MR) is 116 cm³/mol. The Bertz CT molecular complexity index is 927. The highest BCUT2D eigenvalue weighted by Crippen LogP contribution is 2.32. The van der Waals surface area contributed by atoms with Crippen molar-refractivity contribution in [2.24, 2.45) is 0 Å². The standard InChI is InChI=1S/C23H26N2O2S/c1-4-16-10-9-11-17(5-2)22(16)25-21(26)14-18-15-28-23(24-18)19-12-7-8-13-20(19)27-6-3/h7-13,15H,4-6,14H2,1-3H3,(H,25,26). The van der Waals surface area contributed by atoms with Gasteiger partial charge in [-0.1, -0.05) is 44.2 Å². The number of nitrogens with one attached hydrogen (secondary N) is 1. The van der Waals surface area contributed by atoms with Gasteiger partial charge in [0, 0.05) is 11.1 Å². The molecular formula is C23H26N2O2S. The fourth-order valence-electron chi connectivity index (χ4n) is 3.19. The number of ether oxygens (including phenoxy) is 1. The van der Waals surface area contributed by atoms with Crippen molar-refractivity contribution in [2.45, 2.75) is 40.0 Å². The summed E-state index contributed by atoms with van der Waals surface area (Å²) in [5, 5.41) is 5.93. The summed E-state index contributed by atoms with van der Waals surface area (Å²) >= 11 is 1.54. The summed E-state index contributed by atoms with van der Waals surface area (Å²) in [7, 11) is 0. The van der Waals surface area contributed by atoms with Crippen molar-refractivity contribution in [2.75, 3.05) is 11.9 Å². The summed E-state index contributed by atoms with van der Waals surface area (Å²) < 4.78 is 5.70. The van der Waals surface area contributed by atoms with E-state index in [2.05, 4.69) is 42.3 Å². The summed E-state index contributed by atoms with van der Waals surface area (Å²) in [4.78, 5) is 17.3. The van der Waals surface area contributed by atoms with Crippen LogP contribution in [0.25, 0.3) is 10.6 Å². The minimum Gasteiger partial charge on any atom is -0.493 e. The molecule has 0 bridgehead atoms. The highest BCUT2D eigenvalue weighted by atomic mass is 32.1. The summed E-state index contributed by atoms with van der Waals surface area (Å²) in [6, 6.07) is 14.1. The fraction of sp³-hybridized carbons (Fsp3) is 0.304. The van der Waals surface area contributed by atoms with Crippen LogP contribution < -0.4 is 10.1 Å². The second-order valence-electron chi connectivity index (χ2n) is 6.46. The lowest BCUT2D eigenvalue weighted by molar-refractivity contribution is -0.115. The average molecular weight is 395 g/mol. The van der Waals surface area contributed by atoms with Crippen molar-refractivity contribution < 1.29 is 9.53 Å². The van der Waals surface area contributed by atoms with Crippen molar-refractivity contribution in [3.05, 3.63) is 64.7 Å². The number of carbonyl (C=O) groups is 1. The number of nitrogens with zero attached hydrogens (tertiary/aromatic N) is 1. The van der Waals surface area contributed by atoms with Gasteiger partial charge in [0.2, 0.25) is 5.91 Å². The molecule has 0 saturated heterocycles. The highest BCUT2D eigenvalue weighted by Gasteiger charge is 2.14. The Hall–Kier alpha value is -2.66. The molecule has 5 heteroatoms. The summed E-state index contributed by atoms with van der Waals surface area (Å²) in [6.07, 6.45) is 2.03. The van der Waals surface area contributed by atoms with E-state index in [4.69, 9.17) is 4.74 Å². The minimum atomic E-state index is -0.0365. The van der Waals surface area contributed by atoms with E-state index in [1.807, 2.05) is 36.6 Å². The molecule has 3 rings (SSSR count). The molecule has 0 saturated carbocycles. The lowest BCUT2D eigenvalue weighted by atomic mass is 10.0. The van der Waals surface area contributed by atoms with Gasteiger partial charge in [-0.3, -0.25) is 4.79 Å². The van der Waals surface area contributed by atoms with Crippen molar-refractivity contribution in [3.63, 3.8) is 0 Å². The number of amides is 1. The Morgan fingerprint density at radius 1 is 1.04 bits per heavy atom. The van der Waals surface area contributed by atoms with Crippen LogP contribution in [0.2, 0.25) is 0 Å². The first-order valence-electron chi connectivity index (χ1n) is 9.73. The monoisotopic (exact) mass is 394 g/mol. The topological polar surface area (TPSA) is 51.2 Å². The third-order valence-electron chi connectivity index (χ3n) is 4.57. The number of hydrogen-bond donors (Lipinski definition) is 1. The largest absolute Gasteiger partial charge is 0.493 e. The molecule has 0 aliphatic heterocycles. The maximum absolute atomic E-state index is 12.7. The van der Waals surface area contributed by atoms with Gasteiger partial charge < -0.3 is 10.1 Å². The van der Waals surface area contributed by atoms with Crippen molar-refractivity contribution in [1.82, 2.24) is 4.98 Å². The first-order valence-corrected chi connectivity index (χ1v) is 10.6. The van der Waals surface area contributed by atoms with E-state index in [0.717, 1.165) is 51.7 Å². The van der Waals surface area contributed by atoms with Crippen LogP contribution in [0.5, 0.6) is 5.75 Å². The molecule has 1 heterocycles. The number of rotatable bonds is 8. The van der Waals surface area contributed by atoms with Crippen LogP contribution in [0.15, 0.2) is 47.8 Å². The second-order valence-corrected chi connectivity index (χ2v) is 7.31. The number of benzene rings is 2. The third-order valence-corrected chi connectivity index (χ3v) is 5.50. The van der Waals surface area contributed by atoms with Gasteiger partial charge in [-0.2, -0.15) is 0 Å². The minimum absolute atomic E-state index is 0.0365. The van der Waals surface area contributed by atoms with E-state index in [9.17, 15) is 4.79 Å². The molecule has 0 aliphatic rings. The smallest absolute Gasteiger partial charge is 0.230 e. The highest BCUT2D eigenvalue weighted by molar-refractivity contribution is 7.13. The molecule has 1 aromatic heterocycles. The van der Waals surface area contributed by atoms with Crippen molar-refractivity contribution in [3.8, 4) is 16.3 Å². The van der Waals surface area contributed by atoms with Gasteiger partial charge in [0.25, 0.3) is 0 Å². The third kappa shape index (κ3) is 4.60. The average Bonchev–Trinajstić information content (AvgIpc) is 3.17. The lowest BCUT2D eigenvalue weighted by Crippen LogP contribution is -2.17. The maximum Gasteiger partial charge on any atom is 0.230 e. The number of thiazole rings is 1. The van der Waals surface area contributed by atoms with Crippen LogP contribution in [0.3, 0.4) is 0 Å². The Morgan fingerprint density at radius 2 is 1.75 bits per heavy atom. The van der Waals surface area contributed by atoms with Gasteiger partial charge in [-0.15, -0.1) is 11.3 Å². The van der Waals surface area contributed by atoms with Crippen molar-refractivity contribution in [1.29, 1.82) is 0 Å². The molecule has 0 radical (unpaired) electrons. The molecule has 1 amide bonds. The van der Waals surface area contributed by atoms with E-state index in [1.54, 1.807) is 0 Å². The van der Waals surface area contributed by atoms with Gasteiger partial charge in [-0.25, -0.2) is 4.98 Å². The molecule has 0 aliphatic carbocycles. The van der Waals surface area contributed by atoms with E-state index in [-0.39, 0.29) is 12.3 Å². The zero-order valence-corrected chi connectivity index (χ0v) is 17.4. The fourth-order valence-corrected chi connectivity index (χ4v) is 4.04. The Kier molecular flexibility index (Phi) is 6.82. The molecule has 0 fully saturated rings. The number of aryl methyl sites for hydroxylation is 2. The van der Waals surface area contributed by atoms with Crippen LogP contribution in [0.4, 0.5) is 5.69 Å². The van der Waals surface area contributed by atoms with Gasteiger partial charge in [0.15, 0.2) is 0 Å². The number of anilines is 1. The van der Waals surface area contributed by atoms with Crippen LogP contribution >= 0.6 is 11.3 Å². The Morgan fingerprint density at radius 3 is 2.43 bits per heavy atom.